The van der Waals surface area contributed by atoms with Crippen LogP contribution < -0.4 is 10.5 Å². The molecule has 1 amide bonds. The fraction of sp³-hybridized carbons (Fsp3) is 0.200. The number of pyridine rings is 1. The molecular formula is C20H16F2N2O3. The predicted molar refractivity (Wildman–Crippen MR) is 96.7 cm³/mol. The van der Waals surface area contributed by atoms with E-state index in [1.54, 1.807) is 30.3 Å². The summed E-state index contributed by atoms with van der Waals surface area (Å²) in [6.07, 6.45) is -1.14. The van der Waals surface area contributed by atoms with E-state index in [-0.39, 0.29) is 23.4 Å². The van der Waals surface area contributed by atoms with Crippen molar-refractivity contribution in [1.29, 1.82) is 0 Å². The molecule has 3 aromatic rings. The lowest BCUT2D eigenvalue weighted by molar-refractivity contribution is -0.141. The number of nitrogens with zero attached hydrogens (tertiary/aromatic N) is 1. The van der Waals surface area contributed by atoms with Gasteiger partial charge < -0.3 is 15.0 Å². The van der Waals surface area contributed by atoms with Crippen LogP contribution in [0.5, 0.6) is 0 Å². The summed E-state index contributed by atoms with van der Waals surface area (Å²) in [5.74, 6) is -5.11. The lowest BCUT2D eigenvalue weighted by Gasteiger charge is -2.18. The van der Waals surface area contributed by atoms with Crippen LogP contribution in [0.4, 0.5) is 14.5 Å². The molecule has 5 nitrogen and oxygen atoms in total. The van der Waals surface area contributed by atoms with E-state index < -0.39 is 23.5 Å². The Balaban J connectivity index is 1.82. The SMILES string of the molecule is C[C@H](O)c1cccc2c1C(F)(F)C(=O)N2Cc1cc2ccccc2c(=O)[nH]1. The van der Waals surface area contributed by atoms with Crippen LogP contribution in [0.3, 0.4) is 0 Å². The van der Waals surface area contributed by atoms with Gasteiger partial charge >= 0.3 is 11.8 Å². The van der Waals surface area contributed by atoms with Crippen LogP contribution >= 0.6 is 0 Å². The topological polar surface area (TPSA) is 73.4 Å². The monoisotopic (exact) mass is 370 g/mol. The third-order valence-corrected chi connectivity index (χ3v) is 4.78. The highest BCUT2D eigenvalue weighted by atomic mass is 19.3. The van der Waals surface area contributed by atoms with Crippen LogP contribution in [-0.2, 0) is 17.3 Å². The Bertz CT molecular complexity index is 1120. The zero-order chi connectivity index (χ0) is 19.3. The second kappa shape index (κ2) is 5.99. The number of alkyl halides is 2. The third-order valence-electron chi connectivity index (χ3n) is 4.78. The molecule has 0 fully saturated rings. The molecule has 0 saturated carbocycles. The summed E-state index contributed by atoms with van der Waals surface area (Å²) >= 11 is 0. The van der Waals surface area contributed by atoms with E-state index in [0.717, 1.165) is 4.90 Å². The quantitative estimate of drug-likeness (QED) is 0.744. The second-order valence-corrected chi connectivity index (χ2v) is 6.59. The van der Waals surface area contributed by atoms with Gasteiger partial charge in [-0.3, -0.25) is 9.59 Å². The minimum atomic E-state index is -3.74. The Morgan fingerprint density at radius 1 is 1.15 bits per heavy atom. The van der Waals surface area contributed by atoms with Crippen molar-refractivity contribution in [3.63, 3.8) is 0 Å². The van der Waals surface area contributed by atoms with Gasteiger partial charge in [0.05, 0.1) is 23.9 Å². The number of carbonyl (C=O) groups excluding carboxylic acids is 1. The average molecular weight is 370 g/mol. The van der Waals surface area contributed by atoms with Gasteiger partial charge in [-0.1, -0.05) is 30.3 Å². The lowest BCUT2D eigenvalue weighted by Crippen LogP contribution is -2.34. The van der Waals surface area contributed by atoms with Crippen molar-refractivity contribution in [3.8, 4) is 0 Å². The summed E-state index contributed by atoms with van der Waals surface area (Å²) in [6, 6.07) is 12.9. The molecule has 0 unspecified atom stereocenters. The van der Waals surface area contributed by atoms with E-state index in [4.69, 9.17) is 0 Å². The molecule has 1 atom stereocenters. The molecule has 138 valence electrons. The number of halogens is 2. The number of aliphatic hydroxyl groups excluding tert-OH is 1. The van der Waals surface area contributed by atoms with Crippen molar-refractivity contribution in [3.05, 3.63) is 75.7 Å². The highest BCUT2D eigenvalue weighted by Gasteiger charge is 2.54. The van der Waals surface area contributed by atoms with Crippen molar-refractivity contribution in [1.82, 2.24) is 4.98 Å². The Hall–Kier alpha value is -3.06. The first-order valence-electron chi connectivity index (χ1n) is 8.43. The van der Waals surface area contributed by atoms with Gasteiger partial charge in [-0.2, -0.15) is 8.78 Å². The first kappa shape index (κ1) is 17.4. The fourth-order valence-electron chi connectivity index (χ4n) is 3.54. The van der Waals surface area contributed by atoms with Crippen molar-refractivity contribution in [2.24, 2.45) is 0 Å². The molecule has 0 radical (unpaired) electrons. The number of aliphatic hydroxyl groups is 1. The third kappa shape index (κ3) is 2.62. The van der Waals surface area contributed by atoms with Gasteiger partial charge in [0.25, 0.3) is 5.56 Å². The zero-order valence-corrected chi connectivity index (χ0v) is 14.4. The highest BCUT2D eigenvalue weighted by molar-refractivity contribution is 6.06. The standard InChI is InChI=1S/C20H16F2N2O3/c1-11(25)14-7-4-8-16-17(14)20(21,22)19(27)24(16)10-13-9-12-5-2-3-6-15(12)18(26)23-13/h2-9,11,25H,10H2,1H3,(H,23,26)/t11-/m0/s1. The molecule has 2 N–H and O–H groups in total. The molecule has 2 aromatic carbocycles. The predicted octanol–water partition coefficient (Wildman–Crippen LogP) is 3.22. The summed E-state index contributed by atoms with van der Waals surface area (Å²) in [5.41, 5.74) is -0.427. The molecule has 4 rings (SSSR count). The Morgan fingerprint density at radius 3 is 2.63 bits per heavy atom. The van der Waals surface area contributed by atoms with E-state index in [1.165, 1.54) is 25.1 Å². The number of amides is 1. The number of hydrogen-bond donors (Lipinski definition) is 2. The maximum absolute atomic E-state index is 14.7. The van der Waals surface area contributed by atoms with Gasteiger partial charge in [-0.15, -0.1) is 0 Å². The summed E-state index contributed by atoms with van der Waals surface area (Å²) in [6.45, 7) is 1.17. The maximum Gasteiger partial charge on any atom is 0.352 e. The number of benzene rings is 2. The Morgan fingerprint density at radius 2 is 1.89 bits per heavy atom. The van der Waals surface area contributed by atoms with Crippen LogP contribution in [0.15, 0.2) is 53.3 Å². The average Bonchev–Trinajstić information content (AvgIpc) is 2.83. The molecule has 1 aliphatic heterocycles. The first-order valence-corrected chi connectivity index (χ1v) is 8.43. The Kier molecular flexibility index (Phi) is 3.85. The number of fused-ring (bicyclic) bond motifs is 2. The van der Waals surface area contributed by atoms with Gasteiger partial charge in [-0.25, -0.2) is 0 Å². The van der Waals surface area contributed by atoms with E-state index in [0.29, 0.717) is 16.5 Å². The molecule has 0 spiro atoms. The van der Waals surface area contributed by atoms with Gasteiger partial charge in [0, 0.05) is 11.1 Å². The smallest absolute Gasteiger partial charge is 0.352 e. The second-order valence-electron chi connectivity index (χ2n) is 6.59. The molecular weight excluding hydrogens is 354 g/mol. The lowest BCUT2D eigenvalue weighted by atomic mass is 9.98. The van der Waals surface area contributed by atoms with Gasteiger partial charge in [0.15, 0.2) is 0 Å². The van der Waals surface area contributed by atoms with E-state index in [1.807, 2.05) is 0 Å². The van der Waals surface area contributed by atoms with Crippen molar-refractivity contribution >= 4 is 22.4 Å². The largest absolute Gasteiger partial charge is 0.389 e. The maximum atomic E-state index is 14.7. The number of nitrogens with one attached hydrogen (secondary N) is 1. The summed E-state index contributed by atoms with van der Waals surface area (Å²) < 4.78 is 29.3. The Labute approximate surface area is 152 Å². The van der Waals surface area contributed by atoms with Crippen molar-refractivity contribution < 1.29 is 18.7 Å². The molecule has 2 heterocycles. The molecule has 7 heteroatoms. The normalized spacial score (nSPS) is 16.6. The van der Waals surface area contributed by atoms with E-state index in [9.17, 15) is 23.5 Å². The number of hydrogen-bond acceptors (Lipinski definition) is 3. The molecule has 1 aromatic heterocycles. The van der Waals surface area contributed by atoms with Crippen molar-refractivity contribution in [2.75, 3.05) is 4.90 Å². The van der Waals surface area contributed by atoms with Gasteiger partial charge in [0.2, 0.25) is 0 Å². The number of carbonyl (C=O) groups is 1. The van der Waals surface area contributed by atoms with Crippen LogP contribution in [0.1, 0.15) is 29.8 Å². The van der Waals surface area contributed by atoms with Crippen LogP contribution in [-0.4, -0.2) is 16.0 Å². The number of H-pyrrole nitrogens is 1. The summed E-state index contributed by atoms with van der Waals surface area (Å²) in [4.78, 5) is 28.2. The molecule has 1 aliphatic rings. The fourth-order valence-corrected chi connectivity index (χ4v) is 3.54. The van der Waals surface area contributed by atoms with Crippen LogP contribution in [0.25, 0.3) is 10.8 Å². The van der Waals surface area contributed by atoms with Gasteiger partial charge in [0.1, 0.15) is 0 Å². The number of rotatable bonds is 3. The highest BCUT2D eigenvalue weighted by Crippen LogP contribution is 2.47. The number of anilines is 1. The van der Waals surface area contributed by atoms with Crippen LogP contribution in [0.2, 0.25) is 0 Å². The van der Waals surface area contributed by atoms with Crippen molar-refractivity contribution in [2.45, 2.75) is 25.5 Å². The number of aromatic nitrogens is 1. The minimum absolute atomic E-state index is 0.0142. The molecule has 27 heavy (non-hydrogen) atoms. The molecule has 0 aliphatic carbocycles. The molecule has 0 bridgehead atoms. The van der Waals surface area contributed by atoms with Gasteiger partial charge in [-0.05, 0) is 36.1 Å². The first-order chi connectivity index (χ1) is 12.8. The summed E-state index contributed by atoms with van der Waals surface area (Å²) in [7, 11) is 0. The van der Waals surface area contributed by atoms with Crippen LogP contribution in [0, 0.1) is 0 Å². The summed E-state index contributed by atoms with van der Waals surface area (Å²) in [5, 5.41) is 11.0. The minimum Gasteiger partial charge on any atom is -0.389 e. The zero-order valence-electron chi connectivity index (χ0n) is 14.4. The molecule has 0 saturated heterocycles. The number of aromatic amines is 1. The van der Waals surface area contributed by atoms with E-state index in [2.05, 4.69) is 4.98 Å². The van der Waals surface area contributed by atoms with E-state index >= 15 is 0 Å².